The number of para-hydroxylation sites is 2. The van der Waals surface area contributed by atoms with E-state index in [4.69, 9.17) is 0 Å². The second kappa shape index (κ2) is 7.25. The van der Waals surface area contributed by atoms with E-state index in [-0.39, 0.29) is 17.3 Å². The van der Waals surface area contributed by atoms with Crippen molar-refractivity contribution < 1.29 is 13.2 Å². The summed E-state index contributed by atoms with van der Waals surface area (Å²) >= 11 is 1.41. The molecule has 0 atom stereocenters. The molecule has 6 nitrogen and oxygen atoms in total. The average Bonchev–Trinajstić information content (AvgIpc) is 3.27. The standard InChI is InChI=1S/C20H21N3O3S2/c1-3-28(25,26)23-11-10-14-12-15(8-9-17(14)23)19(24)13-27-20-21-16-6-4-5-7-18(16)22(20)2/h4-9,12H,3,10-11,13H2,1-2H3. The van der Waals surface area contributed by atoms with Crippen LogP contribution < -0.4 is 4.31 Å². The largest absolute Gasteiger partial charge is 0.322 e. The Kier molecular flexibility index (Phi) is 4.93. The predicted octanol–water partition coefficient (Wildman–Crippen LogP) is 3.26. The number of rotatable bonds is 6. The Hall–Kier alpha value is -2.32. The number of Topliss-reactive ketones (excluding diaryl/α,β-unsaturated/α-hetero) is 1. The number of aryl methyl sites for hydroxylation is 1. The third-order valence-electron chi connectivity index (χ3n) is 5.03. The molecule has 0 amide bonds. The van der Waals surface area contributed by atoms with Gasteiger partial charge in [-0.05, 0) is 49.2 Å². The molecule has 1 aliphatic rings. The van der Waals surface area contributed by atoms with Crippen molar-refractivity contribution in [3.8, 4) is 0 Å². The highest BCUT2D eigenvalue weighted by Crippen LogP contribution is 2.32. The number of anilines is 1. The van der Waals surface area contributed by atoms with Crippen molar-refractivity contribution >= 4 is 44.3 Å². The monoisotopic (exact) mass is 415 g/mol. The number of thioether (sulfide) groups is 1. The zero-order chi connectivity index (χ0) is 19.9. The first-order valence-corrected chi connectivity index (χ1v) is 11.7. The van der Waals surface area contributed by atoms with Crippen molar-refractivity contribution in [2.45, 2.75) is 18.5 Å². The molecule has 0 N–H and O–H groups in total. The lowest BCUT2D eigenvalue weighted by molar-refractivity contribution is 0.102. The lowest BCUT2D eigenvalue weighted by atomic mass is 10.1. The molecule has 0 unspecified atom stereocenters. The van der Waals surface area contributed by atoms with E-state index in [0.717, 1.165) is 21.8 Å². The van der Waals surface area contributed by atoms with E-state index in [1.807, 2.05) is 41.9 Å². The normalized spacial score (nSPS) is 13.9. The molecule has 8 heteroatoms. The van der Waals surface area contributed by atoms with Gasteiger partial charge in [-0.3, -0.25) is 9.10 Å². The van der Waals surface area contributed by atoms with E-state index in [1.165, 1.54) is 16.1 Å². The van der Waals surface area contributed by atoms with Gasteiger partial charge in [0, 0.05) is 19.2 Å². The number of imidazole rings is 1. The van der Waals surface area contributed by atoms with Gasteiger partial charge in [-0.1, -0.05) is 23.9 Å². The third kappa shape index (κ3) is 3.31. The maximum atomic E-state index is 12.7. The molecule has 0 spiro atoms. The van der Waals surface area contributed by atoms with Crippen LogP contribution in [0, 0.1) is 0 Å². The minimum atomic E-state index is -3.28. The maximum Gasteiger partial charge on any atom is 0.234 e. The lowest BCUT2D eigenvalue weighted by Crippen LogP contribution is -2.30. The van der Waals surface area contributed by atoms with E-state index >= 15 is 0 Å². The molecule has 2 aromatic carbocycles. The lowest BCUT2D eigenvalue weighted by Gasteiger charge is -2.18. The molecule has 1 aromatic heterocycles. The van der Waals surface area contributed by atoms with Gasteiger partial charge in [-0.2, -0.15) is 0 Å². The summed E-state index contributed by atoms with van der Waals surface area (Å²) in [6.07, 6.45) is 0.633. The highest BCUT2D eigenvalue weighted by Gasteiger charge is 2.28. The van der Waals surface area contributed by atoms with Gasteiger partial charge in [0.05, 0.1) is 28.2 Å². The molecule has 1 aliphatic heterocycles. The minimum Gasteiger partial charge on any atom is -0.322 e. The summed E-state index contributed by atoms with van der Waals surface area (Å²) < 4.78 is 27.8. The first-order chi connectivity index (χ1) is 13.4. The van der Waals surface area contributed by atoms with Gasteiger partial charge < -0.3 is 4.57 Å². The van der Waals surface area contributed by atoms with E-state index in [2.05, 4.69) is 4.98 Å². The molecule has 2 heterocycles. The van der Waals surface area contributed by atoms with Crippen LogP contribution in [-0.2, 0) is 23.5 Å². The van der Waals surface area contributed by atoms with Gasteiger partial charge in [0.25, 0.3) is 0 Å². The molecule has 0 bridgehead atoms. The fraction of sp³-hybridized carbons (Fsp3) is 0.300. The first kappa shape index (κ1) is 19.0. The number of benzene rings is 2. The molecule has 0 radical (unpaired) electrons. The highest BCUT2D eigenvalue weighted by molar-refractivity contribution is 7.99. The Morgan fingerprint density at radius 3 is 2.75 bits per heavy atom. The van der Waals surface area contributed by atoms with Crippen LogP contribution in [0.25, 0.3) is 11.0 Å². The van der Waals surface area contributed by atoms with E-state index < -0.39 is 10.0 Å². The predicted molar refractivity (Wildman–Crippen MR) is 113 cm³/mol. The van der Waals surface area contributed by atoms with E-state index in [9.17, 15) is 13.2 Å². The summed E-state index contributed by atoms with van der Waals surface area (Å²) in [5.41, 5.74) is 4.17. The quantitative estimate of drug-likeness (QED) is 0.456. The van der Waals surface area contributed by atoms with Crippen LogP contribution in [0.4, 0.5) is 5.69 Å². The summed E-state index contributed by atoms with van der Waals surface area (Å²) in [7, 11) is -1.33. The number of fused-ring (bicyclic) bond motifs is 2. The van der Waals surface area contributed by atoms with Crippen LogP contribution in [0.5, 0.6) is 0 Å². The zero-order valence-corrected chi connectivity index (χ0v) is 17.4. The summed E-state index contributed by atoms with van der Waals surface area (Å²) in [6, 6.07) is 13.2. The molecule has 3 aromatic rings. The van der Waals surface area contributed by atoms with Gasteiger partial charge in [0.2, 0.25) is 10.0 Å². The van der Waals surface area contributed by atoms with Crippen LogP contribution in [-0.4, -0.2) is 41.8 Å². The fourth-order valence-corrected chi connectivity index (χ4v) is 5.50. The van der Waals surface area contributed by atoms with Crippen molar-refractivity contribution in [1.29, 1.82) is 0 Å². The highest BCUT2D eigenvalue weighted by atomic mass is 32.2. The Balaban J connectivity index is 1.51. The van der Waals surface area contributed by atoms with E-state index in [1.54, 1.807) is 19.1 Å². The molecule has 0 fully saturated rings. The van der Waals surface area contributed by atoms with Gasteiger partial charge in [-0.25, -0.2) is 13.4 Å². The van der Waals surface area contributed by atoms with E-state index in [0.29, 0.717) is 24.2 Å². The van der Waals surface area contributed by atoms with Gasteiger partial charge in [0.15, 0.2) is 10.9 Å². The molecule has 0 aliphatic carbocycles. The molecule has 28 heavy (non-hydrogen) atoms. The Bertz CT molecular complexity index is 1170. The number of sulfonamides is 1. The summed E-state index contributed by atoms with van der Waals surface area (Å²) in [5.74, 6) is 0.367. The molecule has 4 rings (SSSR count). The Morgan fingerprint density at radius 2 is 2.00 bits per heavy atom. The molecular weight excluding hydrogens is 394 g/mol. The van der Waals surface area contributed by atoms with Crippen LogP contribution in [0.2, 0.25) is 0 Å². The smallest absolute Gasteiger partial charge is 0.234 e. The van der Waals surface area contributed by atoms with Crippen LogP contribution in [0.1, 0.15) is 22.8 Å². The SMILES string of the molecule is CCS(=O)(=O)N1CCc2cc(C(=O)CSc3nc4ccccc4n3C)ccc21. The number of nitrogens with zero attached hydrogens (tertiary/aromatic N) is 3. The third-order valence-corrected chi connectivity index (χ3v) is 7.84. The number of hydrogen-bond donors (Lipinski definition) is 0. The molecule has 146 valence electrons. The second-order valence-corrected chi connectivity index (χ2v) is 9.84. The van der Waals surface area contributed by atoms with Gasteiger partial charge >= 0.3 is 0 Å². The first-order valence-electron chi connectivity index (χ1n) is 9.11. The van der Waals surface area contributed by atoms with Gasteiger partial charge in [-0.15, -0.1) is 0 Å². The number of hydrogen-bond acceptors (Lipinski definition) is 5. The second-order valence-electron chi connectivity index (χ2n) is 6.72. The van der Waals surface area contributed by atoms with Crippen molar-refractivity contribution in [3.63, 3.8) is 0 Å². The number of carbonyl (C=O) groups is 1. The van der Waals surface area contributed by atoms with Crippen molar-refractivity contribution in [3.05, 3.63) is 53.6 Å². The van der Waals surface area contributed by atoms with Gasteiger partial charge in [0.1, 0.15) is 0 Å². The summed E-state index contributed by atoms with van der Waals surface area (Å²) in [5, 5.41) is 0.802. The Morgan fingerprint density at radius 1 is 1.21 bits per heavy atom. The van der Waals surface area contributed by atoms with Crippen molar-refractivity contribution in [1.82, 2.24) is 9.55 Å². The minimum absolute atomic E-state index is 0.0108. The number of aromatic nitrogens is 2. The van der Waals surface area contributed by atoms with Crippen LogP contribution in [0.3, 0.4) is 0 Å². The summed E-state index contributed by atoms with van der Waals surface area (Å²) in [4.78, 5) is 17.3. The fourth-order valence-electron chi connectivity index (χ4n) is 3.46. The summed E-state index contributed by atoms with van der Waals surface area (Å²) in [6.45, 7) is 2.08. The number of carbonyl (C=O) groups excluding carboxylic acids is 1. The van der Waals surface area contributed by atoms with Crippen molar-refractivity contribution in [2.75, 3.05) is 22.4 Å². The maximum absolute atomic E-state index is 12.7. The molecule has 0 saturated carbocycles. The molecule has 0 saturated heterocycles. The van der Waals surface area contributed by atoms with Crippen LogP contribution in [0.15, 0.2) is 47.6 Å². The molecular formula is C20H21N3O3S2. The number of ketones is 1. The topological polar surface area (TPSA) is 72.3 Å². The Labute approximate surface area is 168 Å². The zero-order valence-electron chi connectivity index (χ0n) is 15.8. The van der Waals surface area contributed by atoms with Crippen LogP contribution >= 0.6 is 11.8 Å². The van der Waals surface area contributed by atoms with Crippen molar-refractivity contribution in [2.24, 2.45) is 7.05 Å². The average molecular weight is 416 g/mol.